The first-order chi connectivity index (χ1) is 13.2. The quantitative estimate of drug-likeness (QED) is 0.480. The second-order valence-electron chi connectivity index (χ2n) is 6.01. The molecule has 0 amide bonds. The molecular weight excluding hydrogens is 347 g/mol. The lowest BCUT2D eigenvalue weighted by molar-refractivity contribution is -0.137. The highest BCUT2D eigenvalue weighted by Gasteiger charge is 2.08. The summed E-state index contributed by atoms with van der Waals surface area (Å²) >= 11 is 0. The van der Waals surface area contributed by atoms with Gasteiger partial charge in [0.25, 0.3) is 0 Å². The van der Waals surface area contributed by atoms with Crippen LogP contribution in [0.1, 0.15) is 17.5 Å². The highest BCUT2D eigenvalue weighted by atomic mass is 19.1. The molecular formula is C22H25FO4. The first kappa shape index (κ1) is 20.6. The first-order valence-electron chi connectivity index (χ1n) is 8.99. The predicted molar refractivity (Wildman–Crippen MR) is 104 cm³/mol. The Hall–Kier alpha value is -2.66. The molecule has 2 rings (SSSR count). The van der Waals surface area contributed by atoms with Gasteiger partial charge in [0.1, 0.15) is 12.4 Å². The molecule has 0 aromatic heterocycles. The van der Waals surface area contributed by atoms with E-state index in [1.807, 2.05) is 42.5 Å². The molecule has 2 aromatic carbocycles. The molecule has 0 fully saturated rings. The van der Waals surface area contributed by atoms with Gasteiger partial charge < -0.3 is 14.6 Å². The van der Waals surface area contributed by atoms with Crippen molar-refractivity contribution < 1.29 is 23.8 Å². The van der Waals surface area contributed by atoms with Crippen LogP contribution in [0.4, 0.5) is 4.39 Å². The maximum absolute atomic E-state index is 12.3. The Kier molecular flexibility index (Phi) is 8.52. The highest BCUT2D eigenvalue weighted by Crippen LogP contribution is 2.28. The van der Waals surface area contributed by atoms with E-state index >= 15 is 0 Å². The Morgan fingerprint density at radius 3 is 2.48 bits per heavy atom. The second kappa shape index (κ2) is 11.1. The number of aliphatic hydroxyl groups excluding tert-OH is 1. The molecule has 0 spiro atoms. The maximum atomic E-state index is 12.3. The van der Waals surface area contributed by atoms with Crippen LogP contribution < -0.4 is 4.74 Å². The molecule has 0 unspecified atom stereocenters. The molecule has 144 valence electrons. The second-order valence-corrected chi connectivity index (χ2v) is 6.01. The number of hydrogen-bond acceptors (Lipinski definition) is 4. The van der Waals surface area contributed by atoms with Crippen LogP contribution in [0.3, 0.4) is 0 Å². The molecule has 0 bridgehead atoms. The summed E-state index contributed by atoms with van der Waals surface area (Å²) in [6, 6.07) is 13.8. The van der Waals surface area contributed by atoms with Gasteiger partial charge in [-0.1, -0.05) is 36.9 Å². The van der Waals surface area contributed by atoms with Gasteiger partial charge in [-0.3, -0.25) is 4.39 Å². The Morgan fingerprint density at radius 1 is 1.07 bits per heavy atom. The van der Waals surface area contributed by atoms with Crippen molar-refractivity contribution in [1.82, 2.24) is 0 Å². The van der Waals surface area contributed by atoms with Crippen LogP contribution in [0.15, 0.2) is 55.1 Å². The van der Waals surface area contributed by atoms with Gasteiger partial charge in [0.15, 0.2) is 0 Å². The zero-order valence-electron chi connectivity index (χ0n) is 15.3. The van der Waals surface area contributed by atoms with Crippen LogP contribution in [-0.4, -0.2) is 37.6 Å². The zero-order chi connectivity index (χ0) is 19.5. The number of rotatable bonds is 11. The molecule has 0 saturated carbocycles. The van der Waals surface area contributed by atoms with Crippen molar-refractivity contribution in [1.29, 1.82) is 0 Å². The molecule has 27 heavy (non-hydrogen) atoms. The number of ether oxygens (including phenoxy) is 2. The van der Waals surface area contributed by atoms with E-state index in [1.54, 1.807) is 0 Å². The fraction of sp³-hybridized carbons (Fsp3) is 0.318. The number of hydrogen-bond donors (Lipinski definition) is 1. The lowest BCUT2D eigenvalue weighted by Gasteiger charge is -2.13. The van der Waals surface area contributed by atoms with Crippen LogP contribution in [0, 0.1) is 0 Å². The molecule has 0 aliphatic rings. The summed E-state index contributed by atoms with van der Waals surface area (Å²) in [5, 5.41) is 8.99. The van der Waals surface area contributed by atoms with Gasteiger partial charge in [0.05, 0.1) is 19.9 Å². The average Bonchev–Trinajstić information content (AvgIpc) is 2.71. The van der Waals surface area contributed by atoms with Gasteiger partial charge in [-0.05, 0) is 47.2 Å². The molecule has 4 nitrogen and oxygen atoms in total. The van der Waals surface area contributed by atoms with Crippen LogP contribution in [0.2, 0.25) is 0 Å². The van der Waals surface area contributed by atoms with Crippen LogP contribution >= 0.6 is 0 Å². The average molecular weight is 372 g/mol. The number of alkyl halides is 1. The van der Waals surface area contributed by atoms with E-state index in [4.69, 9.17) is 14.6 Å². The summed E-state index contributed by atoms with van der Waals surface area (Å²) in [6.07, 6.45) is 2.88. The lowest BCUT2D eigenvalue weighted by Crippen LogP contribution is -2.08. The molecule has 0 radical (unpaired) electrons. The minimum atomic E-state index is -0.465. The molecule has 1 N–H and O–H groups in total. The molecule has 5 heteroatoms. The number of benzene rings is 2. The Bertz CT molecular complexity index is 740. The summed E-state index contributed by atoms with van der Waals surface area (Å²) in [6.45, 7) is 3.40. The molecule has 0 aliphatic carbocycles. The van der Waals surface area contributed by atoms with Crippen molar-refractivity contribution in [3.8, 4) is 16.9 Å². The summed E-state index contributed by atoms with van der Waals surface area (Å²) in [4.78, 5) is 11.2. The third kappa shape index (κ3) is 6.53. The Labute approximate surface area is 159 Å². The van der Waals surface area contributed by atoms with Crippen LogP contribution in [0.25, 0.3) is 11.1 Å². The van der Waals surface area contributed by atoms with Crippen molar-refractivity contribution >= 4 is 5.97 Å². The molecule has 0 aliphatic heterocycles. The van der Waals surface area contributed by atoms with Crippen molar-refractivity contribution in [2.75, 3.05) is 26.5 Å². The van der Waals surface area contributed by atoms with Gasteiger partial charge in [-0.15, -0.1) is 0 Å². The number of aliphatic hydroxyl groups is 1. The van der Waals surface area contributed by atoms with Gasteiger partial charge in [0, 0.05) is 12.5 Å². The third-order valence-electron chi connectivity index (χ3n) is 4.08. The number of carbonyl (C=O) groups excluding carboxylic acids is 1. The number of esters is 1. The minimum absolute atomic E-state index is 0.0764. The Balaban J connectivity index is 2.17. The molecule has 0 heterocycles. The van der Waals surface area contributed by atoms with Gasteiger partial charge in [-0.25, -0.2) is 4.79 Å². The van der Waals surface area contributed by atoms with Crippen LogP contribution in [0.5, 0.6) is 5.75 Å². The summed E-state index contributed by atoms with van der Waals surface area (Å²) in [5.74, 6) is 0.190. The number of halogens is 1. The normalized spacial score (nSPS) is 10.4. The van der Waals surface area contributed by atoms with E-state index in [2.05, 4.69) is 6.58 Å². The van der Waals surface area contributed by atoms with E-state index < -0.39 is 5.97 Å². The third-order valence-corrected chi connectivity index (χ3v) is 4.08. The van der Waals surface area contributed by atoms with Crippen molar-refractivity contribution in [2.24, 2.45) is 0 Å². The van der Waals surface area contributed by atoms with E-state index in [9.17, 15) is 9.18 Å². The topological polar surface area (TPSA) is 55.8 Å². The van der Waals surface area contributed by atoms with E-state index in [0.717, 1.165) is 34.8 Å². The van der Waals surface area contributed by atoms with Crippen molar-refractivity contribution in [2.45, 2.75) is 19.3 Å². The fourth-order valence-corrected chi connectivity index (χ4v) is 2.71. The summed E-state index contributed by atoms with van der Waals surface area (Å²) in [5.41, 5.74) is 4.04. The van der Waals surface area contributed by atoms with E-state index in [1.165, 1.54) is 0 Å². The fourth-order valence-electron chi connectivity index (χ4n) is 2.71. The highest BCUT2D eigenvalue weighted by molar-refractivity contribution is 5.81. The SMILES string of the molecule is C=CC(=O)OCCc1cc(-c2ccc(CCCF)cc2)ccc1OCCO. The smallest absolute Gasteiger partial charge is 0.330 e. The standard InChI is InChI=1S/C22H25FO4/c1-2-22(25)27-14-11-20-16-19(9-10-21(20)26-15-13-24)18-7-5-17(6-8-18)4-3-12-23/h2,5-10,16,24H,1,3-4,11-15H2. The van der Waals surface area contributed by atoms with E-state index in [0.29, 0.717) is 18.6 Å². The molecule has 2 aromatic rings. The Morgan fingerprint density at radius 2 is 1.81 bits per heavy atom. The van der Waals surface area contributed by atoms with Gasteiger partial charge >= 0.3 is 5.97 Å². The van der Waals surface area contributed by atoms with Gasteiger partial charge in [0.2, 0.25) is 0 Å². The largest absolute Gasteiger partial charge is 0.491 e. The monoisotopic (exact) mass is 372 g/mol. The van der Waals surface area contributed by atoms with Crippen LogP contribution in [-0.2, 0) is 22.4 Å². The molecule has 0 atom stereocenters. The van der Waals surface area contributed by atoms with Gasteiger partial charge in [-0.2, -0.15) is 0 Å². The minimum Gasteiger partial charge on any atom is -0.491 e. The molecule has 0 saturated heterocycles. The predicted octanol–water partition coefficient (Wildman–Crippen LogP) is 3.90. The number of aryl methyl sites for hydroxylation is 1. The van der Waals surface area contributed by atoms with E-state index in [-0.39, 0.29) is 26.5 Å². The zero-order valence-corrected chi connectivity index (χ0v) is 15.3. The van der Waals surface area contributed by atoms with Crippen molar-refractivity contribution in [3.05, 3.63) is 66.2 Å². The number of carbonyl (C=O) groups is 1. The van der Waals surface area contributed by atoms with Crippen molar-refractivity contribution in [3.63, 3.8) is 0 Å². The lowest BCUT2D eigenvalue weighted by atomic mass is 9.99. The summed E-state index contributed by atoms with van der Waals surface area (Å²) in [7, 11) is 0. The maximum Gasteiger partial charge on any atom is 0.330 e. The first-order valence-corrected chi connectivity index (χ1v) is 8.99. The summed E-state index contributed by atoms with van der Waals surface area (Å²) < 4.78 is 22.9.